The molecule has 0 atom stereocenters. The number of urea groups is 1. The molecule has 2 fully saturated rings. The van der Waals surface area contributed by atoms with Crippen LogP contribution in [0.2, 0.25) is 0 Å². The van der Waals surface area contributed by atoms with Crippen LogP contribution in [0.15, 0.2) is 24.3 Å². The van der Waals surface area contributed by atoms with Crippen LogP contribution in [-0.2, 0) is 4.79 Å². The van der Waals surface area contributed by atoms with Crippen LogP contribution < -0.4 is 5.32 Å². The molecule has 0 aromatic heterocycles. The van der Waals surface area contributed by atoms with E-state index in [-0.39, 0.29) is 22.7 Å². The molecule has 3 rings (SSSR count). The Hall–Kier alpha value is -1.69. The zero-order valence-corrected chi connectivity index (χ0v) is 16.1. The third kappa shape index (κ3) is 3.78. The van der Waals surface area contributed by atoms with Gasteiger partial charge in [0.25, 0.3) is 0 Å². The molecule has 5 nitrogen and oxygen atoms in total. The number of hydrogen-bond acceptors (Lipinski definition) is 3. The van der Waals surface area contributed by atoms with Crippen molar-refractivity contribution in [3.8, 4) is 0 Å². The molecular weight excluding hydrogens is 334 g/mol. The normalized spacial score (nSPS) is 19.5. The van der Waals surface area contributed by atoms with Gasteiger partial charge in [0.15, 0.2) is 0 Å². The molecular formula is C19H27N3O2S. The largest absolute Gasteiger partial charge is 0.327 e. The number of thioether (sulfide) groups is 1. The van der Waals surface area contributed by atoms with Gasteiger partial charge in [-0.1, -0.05) is 26.0 Å². The highest BCUT2D eigenvalue weighted by Crippen LogP contribution is 2.44. The third-order valence-corrected chi connectivity index (χ3v) is 6.59. The Morgan fingerprint density at radius 3 is 2.56 bits per heavy atom. The average molecular weight is 362 g/mol. The first-order valence-corrected chi connectivity index (χ1v) is 9.98. The number of likely N-dealkylation sites (tertiary alicyclic amines) is 1. The minimum absolute atomic E-state index is 0.0261. The smallest absolute Gasteiger partial charge is 0.321 e. The van der Waals surface area contributed by atoms with Gasteiger partial charge in [-0.2, -0.15) is 0 Å². The number of piperidine rings is 1. The Morgan fingerprint density at radius 1 is 1.20 bits per heavy atom. The molecule has 25 heavy (non-hydrogen) atoms. The third-order valence-electron chi connectivity index (χ3n) is 5.04. The first kappa shape index (κ1) is 18.1. The summed E-state index contributed by atoms with van der Waals surface area (Å²) in [5, 5.41) is 2.98. The highest BCUT2D eigenvalue weighted by Gasteiger charge is 2.47. The van der Waals surface area contributed by atoms with Gasteiger partial charge in [-0.25, -0.2) is 4.79 Å². The van der Waals surface area contributed by atoms with Crippen LogP contribution in [0, 0.1) is 12.8 Å². The summed E-state index contributed by atoms with van der Waals surface area (Å²) >= 11 is 1.89. The quantitative estimate of drug-likeness (QED) is 0.876. The van der Waals surface area contributed by atoms with Crippen molar-refractivity contribution in [1.82, 2.24) is 9.80 Å². The molecule has 1 N–H and O–H groups in total. The van der Waals surface area contributed by atoms with Crippen LogP contribution in [-0.4, -0.2) is 52.0 Å². The first-order chi connectivity index (χ1) is 11.9. The number of hydrogen-bond donors (Lipinski definition) is 1. The number of benzene rings is 1. The van der Waals surface area contributed by atoms with E-state index in [2.05, 4.69) is 10.2 Å². The predicted octanol–water partition coefficient (Wildman–Crippen LogP) is 3.55. The molecule has 0 aliphatic carbocycles. The van der Waals surface area contributed by atoms with E-state index in [4.69, 9.17) is 0 Å². The second kappa shape index (κ2) is 7.28. The monoisotopic (exact) mass is 361 g/mol. The number of rotatable bonds is 2. The molecule has 136 valence electrons. The van der Waals surface area contributed by atoms with E-state index in [1.54, 1.807) is 0 Å². The fraction of sp³-hybridized carbons (Fsp3) is 0.579. The van der Waals surface area contributed by atoms with Crippen LogP contribution in [0.4, 0.5) is 10.5 Å². The predicted molar refractivity (Wildman–Crippen MR) is 103 cm³/mol. The van der Waals surface area contributed by atoms with Crippen molar-refractivity contribution in [2.45, 2.75) is 38.5 Å². The molecule has 2 saturated heterocycles. The lowest BCUT2D eigenvalue weighted by Gasteiger charge is -2.44. The second-order valence-corrected chi connectivity index (χ2v) is 8.68. The summed E-state index contributed by atoms with van der Waals surface area (Å²) in [5.74, 6) is 1.26. The van der Waals surface area contributed by atoms with Crippen molar-refractivity contribution in [3.63, 3.8) is 0 Å². The van der Waals surface area contributed by atoms with E-state index < -0.39 is 0 Å². The van der Waals surface area contributed by atoms with Gasteiger partial charge in [-0.15, -0.1) is 11.8 Å². The Morgan fingerprint density at radius 2 is 1.92 bits per heavy atom. The molecule has 2 aliphatic heterocycles. The van der Waals surface area contributed by atoms with Crippen LogP contribution in [0.5, 0.6) is 0 Å². The summed E-state index contributed by atoms with van der Waals surface area (Å²) in [4.78, 5) is 28.9. The van der Waals surface area contributed by atoms with E-state index in [1.165, 1.54) is 0 Å². The lowest BCUT2D eigenvalue weighted by atomic mass is 10.0. The number of carbonyl (C=O) groups is 2. The number of anilines is 1. The van der Waals surface area contributed by atoms with E-state index in [0.29, 0.717) is 13.1 Å². The van der Waals surface area contributed by atoms with Gasteiger partial charge in [0, 0.05) is 37.0 Å². The van der Waals surface area contributed by atoms with Gasteiger partial charge in [0.1, 0.15) is 0 Å². The number of carbonyl (C=O) groups excluding carboxylic acids is 2. The Balaban J connectivity index is 1.61. The molecule has 0 unspecified atom stereocenters. The van der Waals surface area contributed by atoms with Crippen molar-refractivity contribution in [2.24, 2.45) is 5.92 Å². The van der Waals surface area contributed by atoms with Crippen molar-refractivity contribution in [2.75, 3.05) is 30.7 Å². The Bertz CT molecular complexity index is 654. The maximum absolute atomic E-state index is 12.5. The van der Waals surface area contributed by atoms with Crippen LogP contribution in [0.25, 0.3) is 0 Å². The zero-order chi connectivity index (χ0) is 18.0. The van der Waals surface area contributed by atoms with Gasteiger partial charge in [0.2, 0.25) is 5.91 Å². The Kier molecular flexibility index (Phi) is 5.27. The maximum Gasteiger partial charge on any atom is 0.321 e. The van der Waals surface area contributed by atoms with Crippen LogP contribution in [0.3, 0.4) is 0 Å². The van der Waals surface area contributed by atoms with Gasteiger partial charge >= 0.3 is 6.03 Å². The minimum atomic E-state index is -0.110. The summed E-state index contributed by atoms with van der Waals surface area (Å²) in [5.41, 5.74) is 1.96. The molecule has 0 saturated carbocycles. The summed E-state index contributed by atoms with van der Waals surface area (Å²) in [6.07, 6.45) is 1.69. The summed E-state index contributed by atoms with van der Waals surface area (Å²) in [6, 6.07) is 7.79. The average Bonchev–Trinajstić information content (AvgIpc) is 2.97. The number of aryl methyl sites for hydroxylation is 1. The van der Waals surface area contributed by atoms with Crippen LogP contribution >= 0.6 is 11.8 Å². The summed E-state index contributed by atoms with van der Waals surface area (Å²) in [7, 11) is 0. The SMILES string of the molecule is Cc1cccc(NC(=O)N2CCC3(CC2)SCCN3C(=O)C(C)C)c1. The van der Waals surface area contributed by atoms with Gasteiger partial charge in [-0.3, -0.25) is 4.79 Å². The fourth-order valence-electron chi connectivity index (χ4n) is 3.63. The molecule has 2 heterocycles. The Labute approximate surface area is 154 Å². The van der Waals surface area contributed by atoms with E-state index in [9.17, 15) is 9.59 Å². The molecule has 1 spiro atoms. The second-order valence-electron chi connectivity index (χ2n) is 7.23. The van der Waals surface area contributed by atoms with Crippen molar-refractivity contribution in [3.05, 3.63) is 29.8 Å². The maximum atomic E-state index is 12.5. The molecule has 3 amide bonds. The molecule has 1 aromatic rings. The molecule has 0 radical (unpaired) electrons. The van der Waals surface area contributed by atoms with Crippen molar-refractivity contribution >= 4 is 29.4 Å². The summed E-state index contributed by atoms with van der Waals surface area (Å²) in [6.45, 7) is 8.14. The van der Waals surface area contributed by atoms with Crippen molar-refractivity contribution < 1.29 is 9.59 Å². The number of nitrogens with zero attached hydrogens (tertiary/aromatic N) is 2. The van der Waals surface area contributed by atoms with E-state index in [1.807, 2.05) is 61.7 Å². The van der Waals surface area contributed by atoms with Gasteiger partial charge in [-0.05, 0) is 37.5 Å². The van der Waals surface area contributed by atoms with Gasteiger partial charge < -0.3 is 15.1 Å². The van der Waals surface area contributed by atoms with E-state index in [0.717, 1.165) is 36.4 Å². The topological polar surface area (TPSA) is 52.7 Å². The molecule has 1 aromatic carbocycles. The minimum Gasteiger partial charge on any atom is -0.327 e. The van der Waals surface area contributed by atoms with Crippen molar-refractivity contribution in [1.29, 1.82) is 0 Å². The highest BCUT2D eigenvalue weighted by molar-refractivity contribution is 8.00. The lowest BCUT2D eigenvalue weighted by molar-refractivity contribution is -0.137. The van der Waals surface area contributed by atoms with Gasteiger partial charge in [0.05, 0.1) is 4.87 Å². The fourth-order valence-corrected chi connectivity index (χ4v) is 5.09. The highest BCUT2D eigenvalue weighted by atomic mass is 32.2. The van der Waals surface area contributed by atoms with E-state index >= 15 is 0 Å². The summed E-state index contributed by atoms with van der Waals surface area (Å²) < 4.78 is 0. The van der Waals surface area contributed by atoms with Crippen LogP contribution in [0.1, 0.15) is 32.3 Å². The number of amides is 3. The number of nitrogens with one attached hydrogen (secondary N) is 1. The first-order valence-electron chi connectivity index (χ1n) is 8.99. The standard InChI is InChI=1S/C19H27N3O2S/c1-14(2)17(23)22-11-12-25-19(22)7-9-21(10-8-19)18(24)20-16-6-4-5-15(3)13-16/h4-6,13-14H,7-12H2,1-3H3,(H,20,24). The molecule has 6 heteroatoms. The molecule has 0 bridgehead atoms. The molecule has 2 aliphatic rings. The zero-order valence-electron chi connectivity index (χ0n) is 15.2. The lowest BCUT2D eigenvalue weighted by Crippen LogP contribution is -2.55.